The minimum absolute atomic E-state index is 0.166. The van der Waals surface area contributed by atoms with Crippen LogP contribution in [0, 0.1) is 11.8 Å². The third kappa shape index (κ3) is 4.88. The van der Waals surface area contributed by atoms with Crippen LogP contribution in [0.5, 0.6) is 0 Å². The Morgan fingerprint density at radius 2 is 1.97 bits per heavy atom. The van der Waals surface area contributed by atoms with E-state index in [1.54, 1.807) is 24.4 Å². The molecule has 2 aromatic carbocycles. The molecule has 170 valence electrons. The maximum Gasteiger partial charge on any atom is 0.274 e. The summed E-state index contributed by atoms with van der Waals surface area (Å²) >= 11 is 6.16. The molecule has 4 aromatic rings. The molecule has 1 unspecified atom stereocenters. The van der Waals surface area contributed by atoms with Crippen molar-refractivity contribution in [2.45, 2.75) is 26.5 Å². The maximum absolute atomic E-state index is 12.7. The Balaban J connectivity index is 1.64. The van der Waals surface area contributed by atoms with Gasteiger partial charge in [-0.2, -0.15) is 0 Å². The van der Waals surface area contributed by atoms with Gasteiger partial charge >= 0.3 is 0 Å². The van der Waals surface area contributed by atoms with Crippen LogP contribution in [0.3, 0.4) is 0 Å². The van der Waals surface area contributed by atoms with Crippen LogP contribution in [0.15, 0.2) is 47.4 Å². The van der Waals surface area contributed by atoms with Crippen LogP contribution in [0.4, 0.5) is 5.82 Å². The molecule has 0 aliphatic rings. The largest absolute Gasteiger partial charge is 0.390 e. The number of nitrogens with one attached hydrogen (secondary N) is 1. The number of benzene rings is 2. The van der Waals surface area contributed by atoms with E-state index >= 15 is 0 Å². The van der Waals surface area contributed by atoms with Gasteiger partial charge in [0, 0.05) is 34.1 Å². The summed E-state index contributed by atoms with van der Waals surface area (Å²) < 4.78 is 1.45. The fourth-order valence-electron chi connectivity index (χ4n) is 3.88. The van der Waals surface area contributed by atoms with E-state index in [9.17, 15) is 9.90 Å². The summed E-state index contributed by atoms with van der Waals surface area (Å²) in [6.45, 7) is 6.50. The van der Waals surface area contributed by atoms with E-state index in [0.717, 1.165) is 29.4 Å². The molecule has 0 saturated heterocycles. The van der Waals surface area contributed by atoms with Gasteiger partial charge in [-0.3, -0.25) is 9.89 Å². The van der Waals surface area contributed by atoms with E-state index in [-0.39, 0.29) is 12.1 Å². The molecule has 0 amide bonds. The average molecular weight is 464 g/mol. The second-order valence-electron chi connectivity index (χ2n) is 7.93. The second-order valence-corrected chi connectivity index (χ2v) is 8.36. The van der Waals surface area contributed by atoms with Crippen LogP contribution in [-0.4, -0.2) is 50.5 Å². The number of likely N-dealkylation sites (N-methyl/N-ethyl adjacent to an activating group) is 1. The number of aromatic amines is 1. The average Bonchev–Trinajstić information content (AvgIpc) is 3.11. The van der Waals surface area contributed by atoms with Crippen molar-refractivity contribution in [3.8, 4) is 11.8 Å². The molecule has 7 nitrogen and oxygen atoms in total. The van der Waals surface area contributed by atoms with Crippen molar-refractivity contribution in [3.05, 3.63) is 69.1 Å². The van der Waals surface area contributed by atoms with Crippen LogP contribution in [0.25, 0.3) is 21.7 Å². The highest BCUT2D eigenvalue weighted by molar-refractivity contribution is 6.31. The Hall–Kier alpha value is -3.31. The first kappa shape index (κ1) is 22.9. The smallest absolute Gasteiger partial charge is 0.274 e. The molecule has 0 aliphatic carbocycles. The van der Waals surface area contributed by atoms with Gasteiger partial charge in [-0.1, -0.05) is 43.4 Å². The van der Waals surface area contributed by atoms with Crippen LogP contribution < -0.4 is 11.3 Å². The molecule has 0 saturated carbocycles. The minimum Gasteiger partial charge on any atom is -0.390 e. The van der Waals surface area contributed by atoms with E-state index in [2.05, 4.69) is 26.8 Å². The summed E-state index contributed by atoms with van der Waals surface area (Å²) in [5.41, 5.74) is 7.91. The normalized spacial score (nSPS) is 12.3. The van der Waals surface area contributed by atoms with E-state index in [1.165, 1.54) is 4.68 Å². The number of anilines is 1. The standard InChI is InChI=1S/C25H26ClN5O2/c1-3-30(4-2)14-19(32)15-31-25(33)21-10-6-16(11-23(21)29-31)5-9-20-22-12-18(26)8-7-17(22)13-28-24(20)27/h6-8,10-13,19,29,32H,3-4,14-15H2,1-2H3,(H2,27,28). The van der Waals surface area contributed by atoms with Crippen molar-refractivity contribution in [2.24, 2.45) is 0 Å². The molecule has 33 heavy (non-hydrogen) atoms. The summed E-state index contributed by atoms with van der Waals surface area (Å²) in [7, 11) is 0. The number of halogens is 1. The lowest BCUT2D eigenvalue weighted by molar-refractivity contribution is 0.0990. The van der Waals surface area contributed by atoms with E-state index in [1.807, 2.05) is 32.0 Å². The first-order valence-electron chi connectivity index (χ1n) is 10.9. The second kappa shape index (κ2) is 9.67. The molecule has 0 radical (unpaired) electrons. The van der Waals surface area contributed by atoms with Crippen molar-refractivity contribution >= 4 is 39.1 Å². The van der Waals surface area contributed by atoms with Gasteiger partial charge in [-0.25, -0.2) is 9.67 Å². The van der Waals surface area contributed by atoms with Gasteiger partial charge in [0.05, 0.1) is 29.1 Å². The number of nitrogen functional groups attached to an aromatic ring is 1. The highest BCUT2D eigenvalue weighted by Gasteiger charge is 2.14. The highest BCUT2D eigenvalue weighted by Crippen LogP contribution is 2.25. The summed E-state index contributed by atoms with van der Waals surface area (Å²) in [6.07, 6.45) is 1.05. The third-order valence-electron chi connectivity index (χ3n) is 5.72. The molecule has 4 rings (SSSR count). The molecule has 1 atom stereocenters. The molecule has 8 heteroatoms. The van der Waals surface area contributed by atoms with Gasteiger partial charge in [0.15, 0.2) is 0 Å². The summed E-state index contributed by atoms with van der Waals surface area (Å²) in [5.74, 6) is 6.56. The van der Waals surface area contributed by atoms with Crippen molar-refractivity contribution < 1.29 is 5.11 Å². The molecule has 0 bridgehead atoms. The number of rotatable bonds is 6. The Morgan fingerprint density at radius 3 is 2.73 bits per heavy atom. The van der Waals surface area contributed by atoms with Crippen molar-refractivity contribution in [1.82, 2.24) is 19.7 Å². The third-order valence-corrected chi connectivity index (χ3v) is 5.96. The van der Waals surface area contributed by atoms with Gasteiger partial charge in [-0.05, 0) is 43.4 Å². The number of aliphatic hydroxyl groups excluding tert-OH is 1. The number of hydrogen-bond acceptors (Lipinski definition) is 5. The predicted octanol–water partition coefficient (Wildman–Crippen LogP) is 3.22. The SMILES string of the molecule is CCN(CC)CC(O)Cn1[nH]c2cc(C#Cc3c(N)ncc4ccc(Cl)cc34)ccc2c1=O. The van der Waals surface area contributed by atoms with Crippen molar-refractivity contribution in [2.75, 3.05) is 25.4 Å². The topological polar surface area (TPSA) is 100 Å². The van der Waals surface area contributed by atoms with Crippen molar-refractivity contribution in [1.29, 1.82) is 0 Å². The predicted molar refractivity (Wildman–Crippen MR) is 133 cm³/mol. The Kier molecular flexibility index (Phi) is 6.70. The molecule has 2 heterocycles. The number of nitrogens with two attached hydrogens (primary N) is 1. The van der Waals surface area contributed by atoms with Crippen LogP contribution in [0.2, 0.25) is 5.02 Å². The number of hydrogen-bond donors (Lipinski definition) is 3. The van der Waals surface area contributed by atoms with E-state index in [4.69, 9.17) is 17.3 Å². The van der Waals surface area contributed by atoms with Gasteiger partial charge in [0.1, 0.15) is 5.82 Å². The van der Waals surface area contributed by atoms with Crippen molar-refractivity contribution in [3.63, 3.8) is 0 Å². The molecule has 0 fully saturated rings. The number of aliphatic hydroxyl groups is 1. The van der Waals surface area contributed by atoms with Gasteiger partial charge < -0.3 is 15.7 Å². The number of H-pyrrole nitrogens is 1. The maximum atomic E-state index is 12.7. The van der Waals surface area contributed by atoms with E-state index in [0.29, 0.717) is 33.9 Å². The highest BCUT2D eigenvalue weighted by atomic mass is 35.5. The van der Waals surface area contributed by atoms with E-state index < -0.39 is 6.10 Å². The minimum atomic E-state index is -0.649. The van der Waals surface area contributed by atoms with Crippen LogP contribution >= 0.6 is 11.6 Å². The molecular weight excluding hydrogens is 438 g/mol. The first-order chi connectivity index (χ1) is 15.9. The Labute approximate surface area is 196 Å². The Morgan fingerprint density at radius 1 is 1.18 bits per heavy atom. The summed E-state index contributed by atoms with van der Waals surface area (Å²) in [5, 5.41) is 16.4. The number of pyridine rings is 1. The van der Waals surface area contributed by atoms with Gasteiger partial charge in [0.25, 0.3) is 5.56 Å². The summed E-state index contributed by atoms with van der Waals surface area (Å²) in [6, 6.07) is 10.9. The molecule has 4 N–H and O–H groups in total. The zero-order chi connectivity index (χ0) is 23.5. The molecule has 0 aliphatic heterocycles. The summed E-state index contributed by atoms with van der Waals surface area (Å²) in [4.78, 5) is 19.1. The fourth-order valence-corrected chi connectivity index (χ4v) is 4.06. The number of fused-ring (bicyclic) bond motifs is 2. The molecular formula is C25H26ClN5O2. The Bertz CT molecular complexity index is 1420. The first-order valence-corrected chi connectivity index (χ1v) is 11.3. The number of nitrogens with zero attached hydrogens (tertiary/aromatic N) is 3. The molecule has 0 spiro atoms. The lowest BCUT2D eigenvalue weighted by atomic mass is 10.1. The van der Waals surface area contributed by atoms with Crippen LogP contribution in [0.1, 0.15) is 25.0 Å². The zero-order valence-corrected chi connectivity index (χ0v) is 19.4. The monoisotopic (exact) mass is 463 g/mol. The fraction of sp³-hybridized carbons (Fsp3) is 0.280. The molecule has 2 aromatic heterocycles. The lowest BCUT2D eigenvalue weighted by Gasteiger charge is -2.21. The lowest BCUT2D eigenvalue weighted by Crippen LogP contribution is -2.36. The van der Waals surface area contributed by atoms with Gasteiger partial charge in [0.2, 0.25) is 0 Å². The number of aromatic nitrogens is 3. The van der Waals surface area contributed by atoms with Crippen LogP contribution in [-0.2, 0) is 6.54 Å². The zero-order valence-electron chi connectivity index (χ0n) is 18.6. The quantitative estimate of drug-likeness (QED) is 0.381. The van der Waals surface area contributed by atoms with Gasteiger partial charge in [-0.15, -0.1) is 0 Å².